The molecule has 3 nitrogen and oxygen atoms in total. The van der Waals surface area contributed by atoms with Gasteiger partial charge in [-0.25, -0.2) is 0 Å². The third-order valence-corrected chi connectivity index (χ3v) is 0.813. The van der Waals surface area contributed by atoms with E-state index in [9.17, 15) is 0 Å². The quantitative estimate of drug-likeness (QED) is 0.405. The van der Waals surface area contributed by atoms with Crippen molar-refractivity contribution in [1.29, 1.82) is 0 Å². The van der Waals surface area contributed by atoms with E-state index < -0.39 is 5.69 Å². The van der Waals surface area contributed by atoms with Crippen LogP contribution in [0.3, 0.4) is 0 Å². The zero-order valence-electron chi connectivity index (χ0n) is 8.17. The minimum atomic E-state index is -3.22. The maximum absolute atomic E-state index is 8.72. The van der Waals surface area contributed by atoms with Crippen LogP contribution in [-0.2, 0) is 43.5 Å². The largest absolute Gasteiger partial charge is 0.692 e. The van der Waals surface area contributed by atoms with Crippen LogP contribution in [0, 0.1) is 5.92 Å². The molecule has 13 heavy (non-hydrogen) atoms. The van der Waals surface area contributed by atoms with Crippen molar-refractivity contribution >= 4 is 29.7 Å². The Balaban J connectivity index is -0.000000150. The molecule has 3 N–H and O–H groups in total. The van der Waals surface area contributed by atoms with Gasteiger partial charge in [-0.05, 0) is 19.3 Å². The second-order valence-corrected chi connectivity index (χ2v) is 7.70. The first kappa shape index (κ1) is 20.0. The first-order valence-electron chi connectivity index (χ1n) is 3.57. The van der Waals surface area contributed by atoms with Crippen molar-refractivity contribution in [1.82, 2.24) is 0 Å². The van der Waals surface area contributed by atoms with Crippen LogP contribution in [0.15, 0.2) is 0 Å². The molecule has 0 aliphatic heterocycles. The van der Waals surface area contributed by atoms with Gasteiger partial charge in [0.15, 0.2) is 0 Å². The van der Waals surface area contributed by atoms with Gasteiger partial charge in [-0.1, -0.05) is 25.7 Å². The van der Waals surface area contributed by atoms with Crippen molar-refractivity contribution in [3.05, 3.63) is 0 Å². The maximum atomic E-state index is 8.72. The molecule has 0 saturated carbocycles. The Labute approximate surface area is 103 Å². The Bertz CT molecular complexity index is 135. The van der Waals surface area contributed by atoms with Crippen LogP contribution in [0.2, 0.25) is 0 Å². The van der Waals surface area contributed by atoms with Crippen molar-refractivity contribution < 1.29 is 34.4 Å². The Morgan fingerprint density at radius 1 is 1.31 bits per heavy atom. The molecule has 0 spiro atoms. The summed E-state index contributed by atoms with van der Waals surface area (Å²) in [6, 6.07) is 0. The van der Waals surface area contributed by atoms with E-state index >= 15 is 0 Å². The molecule has 7 heteroatoms. The zero-order valence-corrected chi connectivity index (χ0v) is 13.7. The average Bonchev–Trinajstić information content (AvgIpc) is 1.52. The molecule has 1 atom stereocenters. The summed E-state index contributed by atoms with van der Waals surface area (Å²) in [6.45, 7) is 6.03. The van der Waals surface area contributed by atoms with E-state index in [1.54, 1.807) is 0 Å². The van der Waals surface area contributed by atoms with Crippen LogP contribution < -0.4 is 0 Å². The van der Waals surface area contributed by atoms with E-state index in [0.717, 1.165) is 6.42 Å². The number of aliphatic hydroxyl groups excluding tert-OH is 1. The molecule has 0 saturated heterocycles. The van der Waals surface area contributed by atoms with E-state index in [-0.39, 0.29) is 25.6 Å². The van der Waals surface area contributed by atoms with Gasteiger partial charge in [0.2, 0.25) is 0 Å². The average molecular weight is 297 g/mol. The van der Waals surface area contributed by atoms with Gasteiger partial charge < -0.3 is 27.1 Å². The van der Waals surface area contributed by atoms with Crippen LogP contribution in [0.5, 0.6) is 0 Å². The standard InChI is InChI=1S/C6H14O.H3O2PS2.Zn/c1-5(2)4-6(3)7;1-3(2,4)5;/h5-7H,4H2,1-3H3;(H3,1,2,4,5);/p-1. The number of hydrogen-bond donors (Lipinski definition) is 3. The zero-order chi connectivity index (χ0) is 10.4. The Morgan fingerprint density at radius 2 is 1.54 bits per heavy atom. The van der Waals surface area contributed by atoms with Crippen LogP contribution in [0.4, 0.5) is 0 Å². The summed E-state index contributed by atoms with van der Waals surface area (Å²) >= 11 is 7.73. The van der Waals surface area contributed by atoms with Gasteiger partial charge in [0.1, 0.15) is 0 Å². The number of aliphatic hydroxyl groups is 1. The molecule has 1 unspecified atom stereocenters. The molecule has 0 heterocycles. The number of rotatable bonds is 2. The summed E-state index contributed by atoms with van der Waals surface area (Å²) in [4.78, 5) is 15.6. The second-order valence-electron chi connectivity index (χ2n) is 2.97. The fourth-order valence-corrected chi connectivity index (χ4v) is 0.682. The van der Waals surface area contributed by atoms with Gasteiger partial charge in [-0.2, -0.15) is 0 Å². The third-order valence-electron chi connectivity index (χ3n) is 0.813. The first-order chi connectivity index (χ1) is 5.13. The first-order valence-corrected chi connectivity index (χ1v) is 7.29. The van der Waals surface area contributed by atoms with Crippen molar-refractivity contribution in [3.63, 3.8) is 0 Å². The van der Waals surface area contributed by atoms with Crippen LogP contribution in [0.1, 0.15) is 27.2 Å². The van der Waals surface area contributed by atoms with Gasteiger partial charge >= 0.3 is 0 Å². The summed E-state index contributed by atoms with van der Waals surface area (Å²) < 4.78 is 0. The molecule has 78 valence electrons. The fourth-order valence-electron chi connectivity index (χ4n) is 0.682. The van der Waals surface area contributed by atoms with E-state index in [4.69, 9.17) is 14.9 Å². The Kier molecular flexibility index (Phi) is 15.4. The molecule has 0 aliphatic carbocycles. The summed E-state index contributed by atoms with van der Waals surface area (Å²) in [5.41, 5.74) is -3.22. The molecule has 0 amide bonds. The molecular formula is C6H16O3PS2Zn-. The predicted octanol–water partition coefficient (Wildman–Crippen LogP) is 1.15. The number of hydrogen-bond acceptors (Lipinski definition) is 3. The van der Waals surface area contributed by atoms with E-state index in [1.807, 2.05) is 6.92 Å². The maximum Gasteiger partial charge on any atom is 0.0514 e. The monoisotopic (exact) mass is 295 g/mol. The molecule has 0 bridgehead atoms. The predicted molar refractivity (Wildman–Crippen MR) is 57.2 cm³/mol. The van der Waals surface area contributed by atoms with Gasteiger partial charge in [0.25, 0.3) is 0 Å². The van der Waals surface area contributed by atoms with Crippen molar-refractivity contribution in [2.75, 3.05) is 0 Å². The minimum Gasteiger partial charge on any atom is -0.692 e. The van der Waals surface area contributed by atoms with Crippen molar-refractivity contribution in [3.8, 4) is 0 Å². The smallest absolute Gasteiger partial charge is 0.0514 e. The van der Waals surface area contributed by atoms with Crippen LogP contribution in [-0.4, -0.2) is 21.0 Å². The van der Waals surface area contributed by atoms with Gasteiger partial charge in [0.05, 0.1) is 6.10 Å². The van der Waals surface area contributed by atoms with Crippen molar-refractivity contribution in [2.45, 2.75) is 33.3 Å². The van der Waals surface area contributed by atoms with Gasteiger partial charge in [-0.15, -0.1) is 0 Å². The summed E-state index contributed by atoms with van der Waals surface area (Å²) in [7, 11) is 0. The van der Waals surface area contributed by atoms with E-state index in [0.29, 0.717) is 5.92 Å². The third kappa shape index (κ3) is 59.0. The Morgan fingerprint density at radius 3 is 1.54 bits per heavy atom. The molecular weight excluding hydrogens is 281 g/mol. The van der Waals surface area contributed by atoms with Gasteiger partial charge in [-0.3, -0.25) is 0 Å². The topological polar surface area (TPSA) is 60.7 Å². The molecule has 0 aromatic heterocycles. The molecule has 0 aromatic carbocycles. The molecule has 0 fully saturated rings. The van der Waals surface area contributed by atoms with E-state index in [1.165, 1.54) is 0 Å². The fraction of sp³-hybridized carbons (Fsp3) is 1.00. The van der Waals surface area contributed by atoms with Crippen LogP contribution in [0.25, 0.3) is 0 Å². The SMILES string of the molecule is CC(C)CC(C)O.OP(O)(=S)[S-].[Zn]. The molecule has 0 aliphatic rings. The molecule has 0 aromatic rings. The molecule has 0 radical (unpaired) electrons. The van der Waals surface area contributed by atoms with Crippen LogP contribution >= 0.6 is 5.69 Å². The summed E-state index contributed by atoms with van der Waals surface area (Å²) in [6.07, 6.45) is 0.792. The van der Waals surface area contributed by atoms with Crippen molar-refractivity contribution in [2.24, 2.45) is 5.92 Å². The Hall–Kier alpha value is 1.50. The second kappa shape index (κ2) is 10.0. The normalized spacial score (nSPS) is 12.6. The minimum absolute atomic E-state index is 0. The summed E-state index contributed by atoms with van der Waals surface area (Å²) in [5, 5.41) is 8.72. The van der Waals surface area contributed by atoms with Gasteiger partial charge in [0, 0.05) is 25.2 Å². The van der Waals surface area contributed by atoms with E-state index in [2.05, 4.69) is 37.9 Å². The summed E-state index contributed by atoms with van der Waals surface area (Å²) in [5.74, 6) is 0.625. The molecule has 0 rings (SSSR count).